The predicted molar refractivity (Wildman–Crippen MR) is 95.0 cm³/mol. The Hall–Kier alpha value is -1.36. The lowest BCUT2D eigenvalue weighted by atomic mass is 9.43. The van der Waals surface area contributed by atoms with Gasteiger partial charge in [-0.25, -0.2) is 0 Å². The molecule has 0 spiro atoms. The van der Waals surface area contributed by atoms with Gasteiger partial charge in [-0.05, 0) is 44.4 Å². The molecule has 2 fully saturated rings. The van der Waals surface area contributed by atoms with Gasteiger partial charge in [-0.1, -0.05) is 20.8 Å². The van der Waals surface area contributed by atoms with Crippen LogP contribution in [0.5, 0.6) is 0 Å². The third kappa shape index (κ3) is 2.19. The molecule has 2 aliphatic carbocycles. The van der Waals surface area contributed by atoms with Crippen LogP contribution in [0.25, 0.3) is 0 Å². The van der Waals surface area contributed by atoms with Crippen LogP contribution in [-0.4, -0.2) is 34.5 Å². The van der Waals surface area contributed by atoms with Gasteiger partial charge in [0.1, 0.15) is 17.5 Å². The summed E-state index contributed by atoms with van der Waals surface area (Å²) in [6.45, 7) is 10.1. The number of allylic oxidation sites excluding steroid dienone is 1. The summed E-state index contributed by atoms with van der Waals surface area (Å²) in [4.78, 5) is 25.8. The summed E-state index contributed by atoms with van der Waals surface area (Å²) >= 11 is 0. The minimum Gasteiger partial charge on any atom is -0.462 e. The molecule has 4 aliphatic rings. The summed E-state index contributed by atoms with van der Waals surface area (Å²) in [6.07, 6.45) is 1.91. The molecular weight excluding hydrogens is 332 g/mol. The zero-order chi connectivity index (χ0) is 19.1. The Morgan fingerprint density at radius 3 is 2.42 bits per heavy atom. The predicted octanol–water partition coefficient (Wildman–Crippen LogP) is 3.15. The maximum absolute atomic E-state index is 13.2. The number of ether oxygens (including phenoxy) is 2. The number of carbonyl (C=O) groups is 2. The molecule has 0 saturated heterocycles. The molecule has 5 nitrogen and oxygen atoms in total. The van der Waals surface area contributed by atoms with Gasteiger partial charge in [0, 0.05) is 24.2 Å². The van der Waals surface area contributed by atoms with Crippen LogP contribution < -0.4 is 0 Å². The first-order valence-electron chi connectivity index (χ1n) is 9.83. The Bertz CT molecular complexity index is 707. The van der Waals surface area contributed by atoms with Crippen LogP contribution in [0.15, 0.2) is 11.5 Å². The Balaban J connectivity index is 1.79. The SMILES string of the molecule is C[C@@H]1CC(=O)C2=C(O1)O[C@]1(C)CC[C@@H]3C(C)(C)[C@H](O)CC(=O)[C@@]3(C)[C@H]1C2. The smallest absolute Gasteiger partial charge is 0.286 e. The summed E-state index contributed by atoms with van der Waals surface area (Å²) in [5.74, 6) is 0.572. The largest absolute Gasteiger partial charge is 0.462 e. The Kier molecular flexibility index (Phi) is 3.70. The normalized spacial score (nSPS) is 47.3. The minimum absolute atomic E-state index is 0.0762. The molecule has 5 heteroatoms. The van der Waals surface area contributed by atoms with Crippen LogP contribution in [0.1, 0.15) is 66.7 Å². The van der Waals surface area contributed by atoms with Crippen LogP contribution in [-0.2, 0) is 19.1 Å². The zero-order valence-corrected chi connectivity index (χ0v) is 16.4. The number of fused-ring (bicyclic) bond motifs is 3. The average Bonchev–Trinajstić information content (AvgIpc) is 2.51. The Morgan fingerprint density at radius 1 is 1.04 bits per heavy atom. The fourth-order valence-corrected chi connectivity index (χ4v) is 6.25. The van der Waals surface area contributed by atoms with E-state index < -0.39 is 17.1 Å². The summed E-state index contributed by atoms with van der Waals surface area (Å²) in [5, 5.41) is 10.5. The molecule has 0 aromatic heterocycles. The van der Waals surface area contributed by atoms with E-state index in [0.29, 0.717) is 24.4 Å². The lowest BCUT2D eigenvalue weighted by Gasteiger charge is -2.63. The van der Waals surface area contributed by atoms with Gasteiger partial charge < -0.3 is 14.6 Å². The molecule has 0 radical (unpaired) electrons. The van der Waals surface area contributed by atoms with E-state index in [1.165, 1.54) is 0 Å². The Morgan fingerprint density at radius 2 is 1.73 bits per heavy atom. The number of rotatable bonds is 0. The quantitative estimate of drug-likeness (QED) is 0.717. The maximum atomic E-state index is 13.2. The molecule has 2 aliphatic heterocycles. The van der Waals surface area contributed by atoms with Crippen molar-refractivity contribution < 1.29 is 24.2 Å². The molecule has 26 heavy (non-hydrogen) atoms. The summed E-state index contributed by atoms with van der Waals surface area (Å²) in [7, 11) is 0. The van der Waals surface area contributed by atoms with E-state index in [9.17, 15) is 14.7 Å². The van der Waals surface area contributed by atoms with E-state index in [1.54, 1.807) is 0 Å². The van der Waals surface area contributed by atoms with Crippen molar-refractivity contribution in [2.24, 2.45) is 22.7 Å². The number of aliphatic hydroxyl groups is 1. The summed E-state index contributed by atoms with van der Waals surface area (Å²) < 4.78 is 12.1. The molecule has 0 bridgehead atoms. The van der Waals surface area contributed by atoms with Gasteiger partial charge >= 0.3 is 0 Å². The van der Waals surface area contributed by atoms with E-state index in [0.717, 1.165) is 12.8 Å². The van der Waals surface area contributed by atoms with Crippen molar-refractivity contribution in [3.05, 3.63) is 11.5 Å². The molecular formula is C21H30O5. The molecule has 0 amide bonds. The van der Waals surface area contributed by atoms with E-state index in [2.05, 4.69) is 20.8 Å². The van der Waals surface area contributed by atoms with Crippen molar-refractivity contribution >= 4 is 11.6 Å². The highest BCUT2D eigenvalue weighted by Gasteiger charge is 2.66. The second-order valence-corrected chi connectivity index (χ2v) is 9.83. The van der Waals surface area contributed by atoms with Crippen LogP contribution in [0.4, 0.5) is 0 Å². The van der Waals surface area contributed by atoms with Crippen molar-refractivity contribution in [2.45, 2.75) is 84.5 Å². The fourth-order valence-electron chi connectivity index (χ4n) is 6.25. The van der Waals surface area contributed by atoms with Crippen LogP contribution in [0.3, 0.4) is 0 Å². The summed E-state index contributed by atoms with van der Waals surface area (Å²) in [5.41, 5.74) is -0.836. The molecule has 2 saturated carbocycles. The number of hydrogen-bond donors (Lipinski definition) is 1. The molecule has 144 valence electrons. The summed E-state index contributed by atoms with van der Waals surface area (Å²) in [6, 6.07) is 0. The van der Waals surface area contributed by atoms with Crippen LogP contribution in [0, 0.1) is 22.7 Å². The molecule has 4 rings (SSSR count). The molecule has 0 aromatic carbocycles. The highest BCUT2D eigenvalue weighted by Crippen LogP contribution is 2.64. The molecule has 6 atom stereocenters. The first-order chi connectivity index (χ1) is 12.0. The molecule has 1 N–H and O–H groups in total. The number of Topliss-reactive ketones (excluding diaryl/α,β-unsaturated/α-hetero) is 2. The first-order valence-corrected chi connectivity index (χ1v) is 9.83. The molecule has 0 aromatic rings. The highest BCUT2D eigenvalue weighted by molar-refractivity contribution is 5.97. The van der Waals surface area contributed by atoms with Crippen molar-refractivity contribution in [3.63, 3.8) is 0 Å². The minimum atomic E-state index is -0.614. The fraction of sp³-hybridized carbons (Fsp3) is 0.810. The van der Waals surface area contributed by atoms with Crippen LogP contribution in [0.2, 0.25) is 0 Å². The van der Waals surface area contributed by atoms with Gasteiger partial charge in [-0.3, -0.25) is 9.59 Å². The highest BCUT2D eigenvalue weighted by atomic mass is 16.7. The third-order valence-corrected chi connectivity index (χ3v) is 7.95. The van der Waals surface area contributed by atoms with E-state index in [1.807, 2.05) is 13.8 Å². The standard InChI is InChI=1S/C21H30O5/c1-11-8-13(22)12-9-15-20(4,26-18(12)25-11)7-6-14-19(2,3)16(23)10-17(24)21(14,15)5/h11,14-16,23H,6-10H2,1-5H3/t11-,14-,15+,16-,20-,21-/m1/s1. The van der Waals surface area contributed by atoms with E-state index >= 15 is 0 Å². The third-order valence-electron chi connectivity index (χ3n) is 7.95. The number of hydrogen-bond acceptors (Lipinski definition) is 5. The maximum Gasteiger partial charge on any atom is 0.286 e. The lowest BCUT2D eigenvalue weighted by molar-refractivity contribution is -0.221. The number of ketones is 2. The molecule has 0 unspecified atom stereocenters. The second kappa shape index (κ2) is 5.34. The monoisotopic (exact) mass is 362 g/mol. The lowest BCUT2D eigenvalue weighted by Crippen LogP contribution is -2.66. The topological polar surface area (TPSA) is 72.8 Å². The average molecular weight is 362 g/mol. The van der Waals surface area contributed by atoms with E-state index in [-0.39, 0.29) is 41.3 Å². The molecule has 2 heterocycles. The van der Waals surface area contributed by atoms with E-state index in [4.69, 9.17) is 9.47 Å². The zero-order valence-electron chi connectivity index (χ0n) is 16.4. The Labute approximate surface area is 155 Å². The van der Waals surface area contributed by atoms with Crippen molar-refractivity contribution in [3.8, 4) is 0 Å². The van der Waals surface area contributed by atoms with Gasteiger partial charge in [-0.15, -0.1) is 0 Å². The van der Waals surface area contributed by atoms with Gasteiger partial charge in [-0.2, -0.15) is 0 Å². The van der Waals surface area contributed by atoms with Gasteiger partial charge in [0.2, 0.25) is 0 Å². The number of aliphatic hydroxyl groups excluding tert-OH is 1. The first kappa shape index (κ1) is 18.0. The van der Waals surface area contributed by atoms with Crippen molar-refractivity contribution in [1.29, 1.82) is 0 Å². The van der Waals surface area contributed by atoms with Gasteiger partial charge in [0.25, 0.3) is 5.95 Å². The second-order valence-electron chi connectivity index (χ2n) is 9.83. The van der Waals surface area contributed by atoms with Crippen molar-refractivity contribution in [2.75, 3.05) is 0 Å². The van der Waals surface area contributed by atoms with Gasteiger partial charge in [0.05, 0.1) is 11.7 Å². The van der Waals surface area contributed by atoms with Crippen LogP contribution >= 0.6 is 0 Å². The number of carbonyl (C=O) groups excluding carboxylic acids is 2. The van der Waals surface area contributed by atoms with Crippen molar-refractivity contribution in [1.82, 2.24) is 0 Å². The van der Waals surface area contributed by atoms with Gasteiger partial charge in [0.15, 0.2) is 5.78 Å².